The van der Waals surface area contributed by atoms with Gasteiger partial charge in [-0.15, -0.1) is 0 Å². The maximum absolute atomic E-state index is 13.4. The van der Waals surface area contributed by atoms with Crippen molar-refractivity contribution in [2.45, 2.75) is 31.7 Å². The second-order valence-corrected chi connectivity index (χ2v) is 4.71. The van der Waals surface area contributed by atoms with E-state index in [9.17, 15) is 4.39 Å². The molecule has 3 N–H and O–H groups in total. The number of hydrazine groups is 1. The molecule has 1 unspecified atom stereocenters. The molecule has 0 fully saturated rings. The van der Waals surface area contributed by atoms with Gasteiger partial charge in [-0.05, 0) is 43.4 Å². The fourth-order valence-electron chi connectivity index (χ4n) is 2.23. The fraction of sp³-hybridized carbons (Fsp3) is 0.385. The SMILES string of the molecule is NNC(C1=CCCCC1)c1ccc(Cl)c(F)c1. The van der Waals surface area contributed by atoms with E-state index in [0.717, 1.165) is 18.4 Å². The molecule has 0 heterocycles. The predicted molar refractivity (Wildman–Crippen MR) is 68.0 cm³/mol. The van der Waals surface area contributed by atoms with Crippen LogP contribution < -0.4 is 11.3 Å². The second kappa shape index (κ2) is 5.63. The molecule has 1 aliphatic rings. The molecule has 0 bridgehead atoms. The minimum atomic E-state index is -0.402. The van der Waals surface area contributed by atoms with E-state index in [1.807, 2.05) is 6.07 Å². The Hall–Kier alpha value is -0.900. The smallest absolute Gasteiger partial charge is 0.142 e. The molecule has 0 aliphatic heterocycles. The van der Waals surface area contributed by atoms with E-state index in [0.29, 0.717) is 0 Å². The Bertz CT molecular complexity index is 431. The summed E-state index contributed by atoms with van der Waals surface area (Å²) in [5.74, 6) is 5.18. The molecule has 92 valence electrons. The van der Waals surface area contributed by atoms with Gasteiger partial charge < -0.3 is 0 Å². The number of hydrogen-bond donors (Lipinski definition) is 2. The summed E-state index contributed by atoms with van der Waals surface area (Å²) in [6.45, 7) is 0. The molecule has 0 saturated heterocycles. The lowest BCUT2D eigenvalue weighted by Crippen LogP contribution is -2.30. The highest BCUT2D eigenvalue weighted by molar-refractivity contribution is 6.30. The Kier molecular flexibility index (Phi) is 4.15. The van der Waals surface area contributed by atoms with Gasteiger partial charge in [0.15, 0.2) is 0 Å². The van der Waals surface area contributed by atoms with Crippen molar-refractivity contribution < 1.29 is 4.39 Å². The maximum atomic E-state index is 13.4. The minimum absolute atomic E-state index is 0.109. The van der Waals surface area contributed by atoms with Crippen molar-refractivity contribution in [3.8, 4) is 0 Å². The largest absolute Gasteiger partial charge is 0.271 e. The van der Waals surface area contributed by atoms with Gasteiger partial charge in [0.25, 0.3) is 0 Å². The van der Waals surface area contributed by atoms with Gasteiger partial charge >= 0.3 is 0 Å². The van der Waals surface area contributed by atoms with Crippen LogP contribution in [0.3, 0.4) is 0 Å². The number of halogens is 2. The fourth-order valence-corrected chi connectivity index (χ4v) is 2.35. The van der Waals surface area contributed by atoms with Gasteiger partial charge in [0, 0.05) is 0 Å². The summed E-state index contributed by atoms with van der Waals surface area (Å²) in [7, 11) is 0. The third-order valence-corrected chi connectivity index (χ3v) is 3.45. The number of hydrogen-bond acceptors (Lipinski definition) is 2. The van der Waals surface area contributed by atoms with Crippen molar-refractivity contribution in [2.75, 3.05) is 0 Å². The molecule has 0 radical (unpaired) electrons. The Morgan fingerprint density at radius 2 is 2.18 bits per heavy atom. The lowest BCUT2D eigenvalue weighted by molar-refractivity contribution is 0.559. The van der Waals surface area contributed by atoms with Gasteiger partial charge in [-0.1, -0.05) is 29.3 Å². The van der Waals surface area contributed by atoms with Crippen LogP contribution in [0.15, 0.2) is 29.8 Å². The van der Waals surface area contributed by atoms with Crippen LogP contribution in [0.5, 0.6) is 0 Å². The van der Waals surface area contributed by atoms with E-state index in [2.05, 4.69) is 11.5 Å². The van der Waals surface area contributed by atoms with Crippen molar-refractivity contribution in [3.05, 3.63) is 46.3 Å². The lowest BCUT2D eigenvalue weighted by Gasteiger charge is -2.23. The number of nitrogens with one attached hydrogen (secondary N) is 1. The molecule has 1 aromatic carbocycles. The molecule has 2 rings (SSSR count). The Morgan fingerprint density at radius 3 is 2.76 bits per heavy atom. The van der Waals surface area contributed by atoms with Crippen molar-refractivity contribution in [1.29, 1.82) is 0 Å². The maximum Gasteiger partial charge on any atom is 0.142 e. The molecule has 0 aromatic heterocycles. The van der Waals surface area contributed by atoms with Crippen LogP contribution in [0.25, 0.3) is 0 Å². The summed E-state index contributed by atoms with van der Waals surface area (Å²) >= 11 is 5.67. The molecule has 2 nitrogen and oxygen atoms in total. The van der Waals surface area contributed by atoms with Crippen LogP contribution in [0.2, 0.25) is 5.02 Å². The van der Waals surface area contributed by atoms with Crippen LogP contribution in [0.4, 0.5) is 4.39 Å². The van der Waals surface area contributed by atoms with Crippen molar-refractivity contribution in [1.82, 2.24) is 5.43 Å². The average molecular weight is 255 g/mol. The highest BCUT2D eigenvalue weighted by atomic mass is 35.5. The number of nitrogens with two attached hydrogens (primary N) is 1. The van der Waals surface area contributed by atoms with Gasteiger partial charge in [-0.3, -0.25) is 5.84 Å². The summed E-state index contributed by atoms with van der Waals surface area (Å²) < 4.78 is 13.4. The van der Waals surface area contributed by atoms with Gasteiger partial charge in [-0.2, -0.15) is 0 Å². The monoisotopic (exact) mass is 254 g/mol. The number of allylic oxidation sites excluding steroid dienone is 1. The first-order chi connectivity index (χ1) is 8.22. The lowest BCUT2D eigenvalue weighted by atomic mass is 9.90. The summed E-state index contributed by atoms with van der Waals surface area (Å²) in [6, 6.07) is 4.72. The Morgan fingerprint density at radius 1 is 1.35 bits per heavy atom. The summed E-state index contributed by atoms with van der Waals surface area (Å²) in [6.07, 6.45) is 6.67. The first-order valence-electron chi connectivity index (χ1n) is 5.82. The standard InChI is InChI=1S/C13H16ClFN2/c14-11-7-6-10(8-12(11)15)13(17-16)9-4-2-1-3-5-9/h4,6-8,13,17H,1-3,5,16H2. The zero-order chi connectivity index (χ0) is 12.3. The second-order valence-electron chi connectivity index (χ2n) is 4.30. The quantitative estimate of drug-likeness (QED) is 0.492. The van der Waals surface area contributed by atoms with Crippen LogP contribution in [-0.2, 0) is 0 Å². The highest BCUT2D eigenvalue weighted by Gasteiger charge is 2.17. The summed E-state index contributed by atoms with van der Waals surface area (Å²) in [4.78, 5) is 0. The van der Waals surface area contributed by atoms with Gasteiger partial charge in [0.1, 0.15) is 5.82 Å². The molecule has 4 heteroatoms. The molecular formula is C13H16ClFN2. The van der Waals surface area contributed by atoms with E-state index in [1.54, 1.807) is 6.07 Å². The molecule has 1 aromatic rings. The van der Waals surface area contributed by atoms with Crippen molar-refractivity contribution >= 4 is 11.6 Å². The van der Waals surface area contributed by atoms with Crippen LogP contribution in [0.1, 0.15) is 37.3 Å². The minimum Gasteiger partial charge on any atom is -0.271 e. The Balaban J connectivity index is 2.28. The molecule has 1 atom stereocenters. The molecule has 1 aliphatic carbocycles. The van der Waals surface area contributed by atoms with Crippen LogP contribution >= 0.6 is 11.6 Å². The van der Waals surface area contributed by atoms with Gasteiger partial charge in [-0.25, -0.2) is 9.82 Å². The molecule has 0 saturated carbocycles. The molecular weight excluding hydrogens is 239 g/mol. The molecule has 0 spiro atoms. The van der Waals surface area contributed by atoms with Crippen molar-refractivity contribution in [3.63, 3.8) is 0 Å². The number of rotatable bonds is 3. The number of benzene rings is 1. The predicted octanol–water partition coefficient (Wildman–Crippen LogP) is 3.48. The van der Waals surface area contributed by atoms with E-state index >= 15 is 0 Å². The average Bonchev–Trinajstić information content (AvgIpc) is 2.36. The Labute approximate surface area is 106 Å². The summed E-state index contributed by atoms with van der Waals surface area (Å²) in [5, 5.41) is 0.141. The van der Waals surface area contributed by atoms with Gasteiger partial charge in [0.2, 0.25) is 0 Å². The molecule has 0 amide bonds. The first-order valence-corrected chi connectivity index (χ1v) is 6.20. The van der Waals surface area contributed by atoms with E-state index in [1.165, 1.54) is 24.5 Å². The zero-order valence-electron chi connectivity index (χ0n) is 9.55. The third-order valence-electron chi connectivity index (χ3n) is 3.14. The van der Waals surface area contributed by atoms with Crippen LogP contribution in [0, 0.1) is 5.82 Å². The topological polar surface area (TPSA) is 38.0 Å². The van der Waals surface area contributed by atoms with E-state index in [-0.39, 0.29) is 11.1 Å². The highest BCUT2D eigenvalue weighted by Crippen LogP contribution is 2.30. The first kappa shape index (κ1) is 12.6. The normalized spacial score (nSPS) is 17.7. The zero-order valence-corrected chi connectivity index (χ0v) is 10.3. The summed E-state index contributed by atoms with van der Waals surface area (Å²) in [5.41, 5.74) is 4.82. The van der Waals surface area contributed by atoms with Gasteiger partial charge in [0.05, 0.1) is 11.1 Å². The van der Waals surface area contributed by atoms with E-state index < -0.39 is 5.82 Å². The van der Waals surface area contributed by atoms with Crippen molar-refractivity contribution in [2.24, 2.45) is 5.84 Å². The van der Waals surface area contributed by atoms with Crippen LogP contribution in [-0.4, -0.2) is 0 Å². The molecule has 17 heavy (non-hydrogen) atoms. The van der Waals surface area contributed by atoms with E-state index in [4.69, 9.17) is 17.4 Å². The third kappa shape index (κ3) is 2.86.